The molecule has 29 heavy (non-hydrogen) atoms. The smallest absolute Gasteiger partial charge is 0.243 e. The molecule has 0 aromatic carbocycles. The second-order valence-electron chi connectivity index (χ2n) is 10.1. The molecule has 0 spiro atoms. The minimum atomic E-state index is 0.0854. The Bertz CT molecular complexity index is 614. The molecule has 0 saturated carbocycles. The number of carbonyl (C=O) groups is 1. The van der Waals surface area contributed by atoms with E-state index in [1.165, 1.54) is 54.4 Å². The number of rotatable bonds is 10. The number of hydrogen-bond donors (Lipinski definition) is 1. The molecule has 0 aromatic heterocycles. The predicted molar refractivity (Wildman–Crippen MR) is 125 cm³/mol. The van der Waals surface area contributed by atoms with Gasteiger partial charge in [0.2, 0.25) is 5.91 Å². The van der Waals surface area contributed by atoms with Gasteiger partial charge in [-0.15, -0.1) is 0 Å². The van der Waals surface area contributed by atoms with Gasteiger partial charge >= 0.3 is 0 Å². The first-order valence-electron chi connectivity index (χ1n) is 11.9. The topological polar surface area (TPSA) is 29.1 Å². The summed E-state index contributed by atoms with van der Waals surface area (Å²) < 4.78 is 1.24. The lowest BCUT2D eigenvalue weighted by Crippen LogP contribution is -2.53. The summed E-state index contributed by atoms with van der Waals surface area (Å²) in [6, 6.07) is 0.763. The lowest BCUT2D eigenvalue weighted by molar-refractivity contribution is -0.927. The fraction of sp³-hybridized carbons (Fsp3) is 0.731. The lowest BCUT2D eigenvalue weighted by Gasteiger charge is -2.41. The van der Waals surface area contributed by atoms with Crippen molar-refractivity contribution in [3.05, 3.63) is 35.5 Å². The highest BCUT2D eigenvalue weighted by Gasteiger charge is 2.46. The van der Waals surface area contributed by atoms with Crippen LogP contribution in [0.15, 0.2) is 35.5 Å². The number of quaternary nitrogens is 1. The minimum absolute atomic E-state index is 0.0854. The van der Waals surface area contributed by atoms with Crippen LogP contribution in [-0.4, -0.2) is 43.1 Å². The Kier molecular flexibility index (Phi) is 9.68. The van der Waals surface area contributed by atoms with E-state index < -0.39 is 0 Å². The molecular formula is C26H45N2O+. The highest BCUT2D eigenvalue weighted by atomic mass is 16.1. The summed E-state index contributed by atoms with van der Waals surface area (Å²) in [6.45, 7) is 12.2. The molecule has 2 aliphatic heterocycles. The number of allylic oxidation sites excluding steroid dienone is 5. The van der Waals surface area contributed by atoms with Gasteiger partial charge in [-0.25, -0.2) is 0 Å². The number of nitrogens with one attached hydrogen (secondary N) is 1. The number of carbonyl (C=O) groups excluding carboxylic acids is 1. The third kappa shape index (κ3) is 8.12. The first-order chi connectivity index (χ1) is 13.8. The van der Waals surface area contributed by atoms with Gasteiger partial charge in [0, 0.05) is 25.3 Å². The van der Waals surface area contributed by atoms with Crippen LogP contribution in [0.1, 0.15) is 79.1 Å². The van der Waals surface area contributed by atoms with Crippen LogP contribution in [0.5, 0.6) is 0 Å². The molecule has 3 nitrogen and oxygen atoms in total. The summed E-state index contributed by atoms with van der Waals surface area (Å²) in [4.78, 5) is 12.3. The zero-order valence-electron chi connectivity index (χ0n) is 19.7. The van der Waals surface area contributed by atoms with E-state index in [-0.39, 0.29) is 5.91 Å². The van der Waals surface area contributed by atoms with Crippen molar-refractivity contribution in [2.75, 3.05) is 26.7 Å². The molecule has 2 aliphatic rings. The maximum atomic E-state index is 12.3. The van der Waals surface area contributed by atoms with Crippen molar-refractivity contribution in [1.82, 2.24) is 5.32 Å². The van der Waals surface area contributed by atoms with Gasteiger partial charge in [0.15, 0.2) is 0 Å². The molecule has 0 aromatic rings. The molecule has 0 radical (unpaired) electrons. The second-order valence-corrected chi connectivity index (χ2v) is 10.1. The van der Waals surface area contributed by atoms with Crippen LogP contribution in [0.2, 0.25) is 0 Å². The van der Waals surface area contributed by atoms with Gasteiger partial charge in [-0.05, 0) is 71.3 Å². The normalized spacial score (nSPS) is 28.2. The fourth-order valence-corrected chi connectivity index (χ4v) is 5.14. The van der Waals surface area contributed by atoms with Crippen molar-refractivity contribution in [3.8, 4) is 0 Å². The van der Waals surface area contributed by atoms with Crippen molar-refractivity contribution < 1.29 is 9.28 Å². The standard InChI is InChI=1S/C26H44N2O/c1-21(2)10-8-11-22(3)12-9-13-23(4)15-16-26(29)27-20-24-17-19-28(5)18-7-6-14-25(24)28/h10,12,15-16,23-25H,6-9,11,13-14,17-20H2,1-5H3/p+1/b16-15+,22-12+. The van der Waals surface area contributed by atoms with Crippen LogP contribution in [0.4, 0.5) is 0 Å². The van der Waals surface area contributed by atoms with E-state index in [0.29, 0.717) is 11.8 Å². The molecule has 4 unspecified atom stereocenters. The monoisotopic (exact) mass is 401 g/mol. The molecule has 4 atom stereocenters. The van der Waals surface area contributed by atoms with Gasteiger partial charge in [-0.1, -0.05) is 36.3 Å². The average molecular weight is 402 g/mol. The summed E-state index contributed by atoms with van der Waals surface area (Å²) in [7, 11) is 2.42. The Morgan fingerprint density at radius 3 is 2.66 bits per heavy atom. The van der Waals surface area contributed by atoms with Crippen LogP contribution < -0.4 is 5.32 Å². The summed E-state index contributed by atoms with van der Waals surface area (Å²) in [5.74, 6) is 1.18. The molecular weight excluding hydrogens is 356 g/mol. The van der Waals surface area contributed by atoms with Gasteiger partial charge in [-0.2, -0.15) is 0 Å². The number of hydrogen-bond acceptors (Lipinski definition) is 1. The summed E-state index contributed by atoms with van der Waals surface area (Å²) in [5.41, 5.74) is 2.87. The summed E-state index contributed by atoms with van der Waals surface area (Å²) in [6.07, 6.45) is 18.3. The predicted octanol–water partition coefficient (Wildman–Crippen LogP) is 5.79. The molecule has 1 N–H and O–H groups in total. The van der Waals surface area contributed by atoms with Crippen LogP contribution >= 0.6 is 0 Å². The molecule has 2 saturated heterocycles. The van der Waals surface area contributed by atoms with Crippen LogP contribution in [-0.2, 0) is 4.79 Å². The number of fused-ring (bicyclic) bond motifs is 1. The van der Waals surface area contributed by atoms with Crippen molar-refractivity contribution in [2.24, 2.45) is 11.8 Å². The van der Waals surface area contributed by atoms with Gasteiger partial charge in [0.1, 0.15) is 0 Å². The van der Waals surface area contributed by atoms with Gasteiger partial charge < -0.3 is 9.80 Å². The Morgan fingerprint density at radius 1 is 1.10 bits per heavy atom. The van der Waals surface area contributed by atoms with Crippen LogP contribution in [0.25, 0.3) is 0 Å². The largest absolute Gasteiger partial charge is 0.352 e. The van der Waals surface area contributed by atoms with E-state index >= 15 is 0 Å². The lowest BCUT2D eigenvalue weighted by atomic mass is 9.92. The van der Waals surface area contributed by atoms with E-state index in [0.717, 1.165) is 38.3 Å². The molecule has 164 valence electrons. The zero-order chi connectivity index (χ0) is 21.3. The van der Waals surface area contributed by atoms with Crippen molar-refractivity contribution in [1.29, 1.82) is 0 Å². The van der Waals surface area contributed by atoms with Crippen LogP contribution in [0.3, 0.4) is 0 Å². The van der Waals surface area contributed by atoms with E-state index in [1.807, 2.05) is 0 Å². The Balaban J connectivity index is 1.65. The van der Waals surface area contributed by atoms with Gasteiger partial charge in [0.25, 0.3) is 0 Å². The summed E-state index contributed by atoms with van der Waals surface area (Å²) in [5, 5.41) is 3.18. The summed E-state index contributed by atoms with van der Waals surface area (Å²) >= 11 is 0. The van der Waals surface area contributed by atoms with E-state index in [4.69, 9.17) is 0 Å². The van der Waals surface area contributed by atoms with Gasteiger partial charge in [0.05, 0.1) is 26.2 Å². The van der Waals surface area contributed by atoms with Crippen LogP contribution in [0, 0.1) is 11.8 Å². The van der Waals surface area contributed by atoms with Crippen molar-refractivity contribution in [2.45, 2.75) is 85.1 Å². The van der Waals surface area contributed by atoms with Gasteiger partial charge in [-0.3, -0.25) is 4.79 Å². The highest BCUT2D eigenvalue weighted by molar-refractivity contribution is 5.87. The Labute approximate surface area is 179 Å². The quantitative estimate of drug-likeness (QED) is 0.280. The molecule has 2 heterocycles. The Morgan fingerprint density at radius 2 is 1.90 bits per heavy atom. The first kappa shape index (κ1) is 23.9. The molecule has 0 aliphatic carbocycles. The number of nitrogens with zero attached hydrogens (tertiary/aromatic N) is 1. The first-order valence-corrected chi connectivity index (χ1v) is 11.9. The maximum absolute atomic E-state index is 12.3. The van der Waals surface area contributed by atoms with Crippen molar-refractivity contribution >= 4 is 5.91 Å². The number of amides is 1. The molecule has 1 amide bonds. The van der Waals surface area contributed by atoms with E-state index in [9.17, 15) is 4.79 Å². The Hall–Kier alpha value is -1.35. The minimum Gasteiger partial charge on any atom is -0.352 e. The van der Waals surface area contributed by atoms with E-state index in [2.05, 4.69) is 58.3 Å². The molecule has 3 heteroatoms. The fourth-order valence-electron chi connectivity index (χ4n) is 5.14. The third-order valence-electron chi connectivity index (χ3n) is 7.10. The van der Waals surface area contributed by atoms with Crippen molar-refractivity contribution in [3.63, 3.8) is 0 Å². The second kappa shape index (κ2) is 11.7. The third-order valence-corrected chi connectivity index (χ3v) is 7.10. The molecule has 2 rings (SSSR count). The SMILES string of the molecule is CC(C)=CCC/C(C)=C/CCC(C)/C=C/C(=O)NCC1CC[N+]2(C)CCCCC12. The molecule has 0 bridgehead atoms. The molecule has 2 fully saturated rings. The average Bonchev–Trinajstić information content (AvgIpc) is 3.01. The van der Waals surface area contributed by atoms with E-state index in [1.54, 1.807) is 6.08 Å². The zero-order valence-corrected chi connectivity index (χ0v) is 19.7. The number of piperidine rings is 1. The highest BCUT2D eigenvalue weighted by Crippen LogP contribution is 2.36. The maximum Gasteiger partial charge on any atom is 0.243 e.